The minimum atomic E-state index is -0.492. The molecule has 2 N–H and O–H groups in total. The highest BCUT2D eigenvalue weighted by molar-refractivity contribution is 5.94. The van der Waals surface area contributed by atoms with Crippen LogP contribution in [0.2, 0.25) is 0 Å². The molecule has 1 unspecified atom stereocenters. The minimum Gasteiger partial charge on any atom is -0.497 e. The van der Waals surface area contributed by atoms with E-state index in [1.54, 1.807) is 19.2 Å². The number of hydrogen-bond acceptors (Lipinski definition) is 2. The number of amides is 1. The van der Waals surface area contributed by atoms with E-state index in [-0.39, 0.29) is 17.5 Å². The molecule has 0 bridgehead atoms. The van der Waals surface area contributed by atoms with Crippen LogP contribution in [0.15, 0.2) is 42.5 Å². The summed E-state index contributed by atoms with van der Waals surface area (Å²) in [5, 5.41) is 4.10. The van der Waals surface area contributed by atoms with E-state index in [1.807, 2.05) is 18.2 Å². The van der Waals surface area contributed by atoms with Gasteiger partial charge in [-0.1, -0.05) is 12.1 Å². The first-order valence-electron chi connectivity index (χ1n) is 8.38. The third-order valence-electron chi connectivity index (χ3n) is 4.85. The quantitative estimate of drug-likeness (QED) is 0.767. The standard InChI is InChI=1S/C20H19FN2O2/c1-25-13-7-9-19-16(11-13)15-10-12(6-8-18(15)23-19)22-20(24)14-4-2-3-5-17(14)21/h2-5,7,9,11-12,23H,6,8,10H2,1H3,(H,22,24). The number of rotatable bonds is 3. The molecule has 3 aromatic rings. The first kappa shape index (κ1) is 15.7. The molecule has 5 heteroatoms. The van der Waals surface area contributed by atoms with Crippen molar-refractivity contribution in [3.05, 3.63) is 65.1 Å². The Morgan fingerprint density at radius 3 is 2.92 bits per heavy atom. The van der Waals surface area contributed by atoms with Gasteiger partial charge in [-0.2, -0.15) is 0 Å². The van der Waals surface area contributed by atoms with E-state index in [4.69, 9.17) is 4.74 Å². The SMILES string of the molecule is COc1ccc2[nH]c3c(c2c1)CC(NC(=O)c1ccccc1F)CC3. The molecule has 0 spiro atoms. The van der Waals surface area contributed by atoms with Crippen LogP contribution in [0.4, 0.5) is 4.39 Å². The van der Waals surface area contributed by atoms with Crippen molar-refractivity contribution in [3.63, 3.8) is 0 Å². The Balaban J connectivity index is 1.58. The number of halogens is 1. The van der Waals surface area contributed by atoms with Crippen LogP contribution < -0.4 is 10.1 Å². The van der Waals surface area contributed by atoms with Crippen LogP contribution in [0.5, 0.6) is 5.75 Å². The number of aromatic amines is 1. The molecule has 4 rings (SSSR count). The molecule has 0 fully saturated rings. The van der Waals surface area contributed by atoms with Crippen LogP contribution in [0.1, 0.15) is 28.0 Å². The molecule has 0 radical (unpaired) electrons. The topological polar surface area (TPSA) is 54.1 Å². The van der Waals surface area contributed by atoms with Crippen molar-refractivity contribution in [1.29, 1.82) is 0 Å². The second-order valence-corrected chi connectivity index (χ2v) is 6.39. The lowest BCUT2D eigenvalue weighted by Gasteiger charge is -2.23. The van der Waals surface area contributed by atoms with E-state index in [9.17, 15) is 9.18 Å². The van der Waals surface area contributed by atoms with E-state index in [0.717, 1.165) is 35.9 Å². The van der Waals surface area contributed by atoms with Gasteiger partial charge in [-0.3, -0.25) is 4.79 Å². The molecule has 0 saturated heterocycles. The molecule has 1 aliphatic rings. The van der Waals surface area contributed by atoms with Crippen molar-refractivity contribution < 1.29 is 13.9 Å². The van der Waals surface area contributed by atoms with Crippen molar-refractivity contribution in [2.75, 3.05) is 7.11 Å². The zero-order valence-corrected chi connectivity index (χ0v) is 13.9. The summed E-state index contributed by atoms with van der Waals surface area (Å²) in [5.74, 6) is -0.0379. The lowest BCUT2D eigenvalue weighted by molar-refractivity contribution is 0.0929. The normalized spacial score (nSPS) is 16.5. The Bertz CT molecular complexity index is 948. The zero-order chi connectivity index (χ0) is 17.4. The maximum Gasteiger partial charge on any atom is 0.254 e. The summed E-state index contributed by atoms with van der Waals surface area (Å²) in [6.45, 7) is 0. The van der Waals surface area contributed by atoms with Gasteiger partial charge < -0.3 is 15.0 Å². The smallest absolute Gasteiger partial charge is 0.254 e. The van der Waals surface area contributed by atoms with Crippen molar-refractivity contribution in [2.24, 2.45) is 0 Å². The molecule has 2 aromatic carbocycles. The molecule has 128 valence electrons. The summed E-state index contributed by atoms with van der Waals surface area (Å²) in [6.07, 6.45) is 2.41. The lowest BCUT2D eigenvalue weighted by atomic mass is 9.91. The van der Waals surface area contributed by atoms with Gasteiger partial charge in [-0.25, -0.2) is 4.39 Å². The van der Waals surface area contributed by atoms with Crippen LogP contribution in [0.25, 0.3) is 10.9 Å². The van der Waals surface area contributed by atoms with Crippen LogP contribution in [0, 0.1) is 5.82 Å². The molecular formula is C20H19FN2O2. The predicted molar refractivity (Wildman–Crippen MR) is 94.5 cm³/mol. The Labute approximate surface area is 145 Å². The highest BCUT2D eigenvalue weighted by atomic mass is 19.1. The Morgan fingerprint density at radius 2 is 2.12 bits per heavy atom. The second kappa shape index (κ2) is 6.24. The average molecular weight is 338 g/mol. The van der Waals surface area contributed by atoms with Gasteiger partial charge in [0.2, 0.25) is 0 Å². The van der Waals surface area contributed by atoms with Crippen LogP contribution in [-0.4, -0.2) is 24.0 Å². The van der Waals surface area contributed by atoms with Gasteiger partial charge in [0.05, 0.1) is 12.7 Å². The number of nitrogens with one attached hydrogen (secondary N) is 2. The van der Waals surface area contributed by atoms with E-state index >= 15 is 0 Å². The number of carbonyl (C=O) groups is 1. The summed E-state index contributed by atoms with van der Waals surface area (Å²) in [7, 11) is 1.65. The maximum absolute atomic E-state index is 13.8. The highest BCUT2D eigenvalue weighted by Gasteiger charge is 2.25. The van der Waals surface area contributed by atoms with E-state index in [1.165, 1.54) is 23.4 Å². The van der Waals surface area contributed by atoms with Crippen LogP contribution in [-0.2, 0) is 12.8 Å². The van der Waals surface area contributed by atoms with Gasteiger partial charge in [0, 0.05) is 22.6 Å². The number of ether oxygens (including phenoxy) is 1. The fraction of sp³-hybridized carbons (Fsp3) is 0.250. The molecular weight excluding hydrogens is 319 g/mol. The number of methoxy groups -OCH3 is 1. The number of aromatic nitrogens is 1. The minimum absolute atomic E-state index is 0.00944. The summed E-state index contributed by atoms with van der Waals surface area (Å²) in [6, 6.07) is 12.0. The number of carbonyl (C=O) groups excluding carboxylic acids is 1. The van der Waals surface area contributed by atoms with Crippen molar-refractivity contribution in [2.45, 2.75) is 25.3 Å². The molecule has 0 aliphatic heterocycles. The third kappa shape index (κ3) is 2.86. The first-order chi connectivity index (χ1) is 12.2. The van der Waals surface area contributed by atoms with E-state index < -0.39 is 5.82 Å². The molecule has 1 amide bonds. The fourth-order valence-electron chi connectivity index (χ4n) is 3.55. The molecule has 4 nitrogen and oxygen atoms in total. The van der Waals surface area contributed by atoms with Gasteiger partial charge in [0.25, 0.3) is 5.91 Å². The van der Waals surface area contributed by atoms with Gasteiger partial charge >= 0.3 is 0 Å². The highest BCUT2D eigenvalue weighted by Crippen LogP contribution is 2.31. The monoisotopic (exact) mass is 338 g/mol. The molecule has 1 heterocycles. The molecule has 1 aromatic heterocycles. The Hall–Kier alpha value is -2.82. The zero-order valence-electron chi connectivity index (χ0n) is 13.9. The van der Waals surface area contributed by atoms with Gasteiger partial charge in [0.1, 0.15) is 11.6 Å². The van der Waals surface area contributed by atoms with Gasteiger partial charge in [-0.15, -0.1) is 0 Å². The van der Waals surface area contributed by atoms with Crippen LogP contribution in [0.3, 0.4) is 0 Å². The van der Waals surface area contributed by atoms with Crippen LogP contribution >= 0.6 is 0 Å². The largest absolute Gasteiger partial charge is 0.497 e. The predicted octanol–water partition coefficient (Wildman–Crippen LogP) is 3.60. The van der Waals surface area contributed by atoms with E-state index in [2.05, 4.69) is 10.3 Å². The molecule has 1 aliphatic carbocycles. The summed E-state index contributed by atoms with van der Waals surface area (Å²) in [4.78, 5) is 15.8. The number of fused-ring (bicyclic) bond motifs is 3. The van der Waals surface area contributed by atoms with Crippen molar-refractivity contribution in [1.82, 2.24) is 10.3 Å². The Morgan fingerprint density at radius 1 is 1.28 bits per heavy atom. The van der Waals surface area contributed by atoms with Crippen molar-refractivity contribution in [3.8, 4) is 5.75 Å². The van der Waals surface area contributed by atoms with Crippen molar-refractivity contribution >= 4 is 16.8 Å². The Kier molecular flexibility index (Phi) is 3.92. The number of hydrogen-bond donors (Lipinski definition) is 2. The second-order valence-electron chi connectivity index (χ2n) is 6.39. The summed E-state index contributed by atoms with van der Waals surface area (Å²) >= 11 is 0. The average Bonchev–Trinajstić information content (AvgIpc) is 2.99. The lowest BCUT2D eigenvalue weighted by Crippen LogP contribution is -2.39. The molecule has 25 heavy (non-hydrogen) atoms. The van der Waals surface area contributed by atoms with E-state index in [0.29, 0.717) is 0 Å². The van der Waals surface area contributed by atoms with Gasteiger partial charge in [0.15, 0.2) is 0 Å². The molecule has 0 saturated carbocycles. The number of H-pyrrole nitrogens is 1. The third-order valence-corrected chi connectivity index (χ3v) is 4.85. The van der Waals surface area contributed by atoms with Gasteiger partial charge in [-0.05, 0) is 55.2 Å². The maximum atomic E-state index is 13.8. The molecule has 1 atom stereocenters. The number of aryl methyl sites for hydroxylation is 1. The first-order valence-corrected chi connectivity index (χ1v) is 8.38. The summed E-state index contributed by atoms with van der Waals surface area (Å²) < 4.78 is 19.1. The number of benzene rings is 2. The fourth-order valence-corrected chi connectivity index (χ4v) is 3.55. The summed E-state index contributed by atoms with van der Waals surface area (Å²) in [5.41, 5.74) is 3.58.